The fraction of sp³-hybridized carbons (Fsp3) is 0.938. The maximum atomic E-state index is 12.8. The van der Waals surface area contributed by atoms with Crippen molar-refractivity contribution in [3.05, 3.63) is 0 Å². The Morgan fingerprint density at radius 2 is 2.10 bits per heavy atom. The summed E-state index contributed by atoms with van der Waals surface area (Å²) in [5, 5.41) is 3.18. The number of fused-ring (bicyclic) bond motifs is 1. The number of halogens is 2. The molecule has 5 heteroatoms. The van der Waals surface area contributed by atoms with Crippen molar-refractivity contribution in [2.24, 2.45) is 23.2 Å². The molecular weight excluding hydrogens is 492 g/mol. The topological polar surface area (TPSA) is 38.3 Å². The van der Waals surface area contributed by atoms with Crippen molar-refractivity contribution in [1.29, 1.82) is 0 Å². The lowest BCUT2D eigenvalue weighted by Crippen LogP contribution is -2.50. The van der Waals surface area contributed by atoms with Crippen LogP contribution in [-0.2, 0) is 9.53 Å². The van der Waals surface area contributed by atoms with Gasteiger partial charge in [0, 0.05) is 5.92 Å². The third-order valence-electron chi connectivity index (χ3n) is 6.23. The number of hydrogen-bond donors (Lipinski definition) is 1. The SMILES string of the molecule is CNC(I)C(C)(I)C(=O)OC1(C)C2CC(C)CC3(C2)CC31. The van der Waals surface area contributed by atoms with Crippen LogP contribution in [-0.4, -0.2) is 26.1 Å². The zero-order valence-electron chi connectivity index (χ0n) is 13.2. The van der Waals surface area contributed by atoms with E-state index in [-0.39, 0.29) is 15.6 Å². The van der Waals surface area contributed by atoms with Crippen molar-refractivity contribution >= 4 is 51.2 Å². The molecule has 0 heterocycles. The molecule has 1 N–H and O–H groups in total. The largest absolute Gasteiger partial charge is 0.458 e. The van der Waals surface area contributed by atoms with E-state index in [1.165, 1.54) is 25.7 Å². The van der Waals surface area contributed by atoms with Gasteiger partial charge in [-0.3, -0.25) is 4.79 Å². The molecule has 3 nitrogen and oxygen atoms in total. The number of carbonyl (C=O) groups is 1. The highest BCUT2D eigenvalue weighted by molar-refractivity contribution is 14.1. The average molecular weight is 517 g/mol. The predicted molar refractivity (Wildman–Crippen MR) is 101 cm³/mol. The van der Waals surface area contributed by atoms with Crippen LogP contribution in [0.1, 0.15) is 46.5 Å². The monoisotopic (exact) mass is 517 g/mol. The van der Waals surface area contributed by atoms with Crippen LogP contribution in [0.25, 0.3) is 0 Å². The van der Waals surface area contributed by atoms with Crippen LogP contribution in [0.2, 0.25) is 0 Å². The Balaban J connectivity index is 1.78. The van der Waals surface area contributed by atoms with E-state index in [0.717, 1.165) is 5.92 Å². The van der Waals surface area contributed by atoms with Crippen LogP contribution < -0.4 is 5.32 Å². The minimum Gasteiger partial charge on any atom is -0.458 e. The Hall–Kier alpha value is 0.890. The summed E-state index contributed by atoms with van der Waals surface area (Å²) in [6.45, 7) is 6.54. The Labute approximate surface area is 155 Å². The Bertz CT molecular complexity index is 469. The first-order valence-electron chi connectivity index (χ1n) is 7.89. The molecule has 3 fully saturated rings. The van der Waals surface area contributed by atoms with Gasteiger partial charge in [-0.15, -0.1) is 0 Å². The first kappa shape index (κ1) is 16.7. The zero-order chi connectivity index (χ0) is 15.6. The summed E-state index contributed by atoms with van der Waals surface area (Å²) in [5.41, 5.74) is 0.296. The van der Waals surface area contributed by atoms with Crippen LogP contribution in [0.4, 0.5) is 0 Å². The van der Waals surface area contributed by atoms with Gasteiger partial charge in [0.2, 0.25) is 0 Å². The molecule has 1 spiro atoms. The minimum atomic E-state index is -0.527. The number of carbonyl (C=O) groups excluding carboxylic acids is 1. The Kier molecular flexibility index (Phi) is 4.14. The molecule has 0 aromatic heterocycles. The fourth-order valence-electron chi connectivity index (χ4n) is 5.08. The molecular formula is C16H25I2NO2. The van der Waals surface area contributed by atoms with E-state index < -0.39 is 3.42 Å². The van der Waals surface area contributed by atoms with Crippen LogP contribution >= 0.6 is 45.2 Å². The summed E-state index contributed by atoms with van der Waals surface area (Å²) >= 11 is 4.52. The van der Waals surface area contributed by atoms with E-state index in [1.807, 2.05) is 14.0 Å². The standard InChI is InChI=1S/C16H25I2NO2/c1-9-5-10-7-16(6-9)8-11(16)15(10,3)21-13(20)14(2,18)12(17)19-4/h9-12,19H,5-8H2,1-4H3. The molecule has 3 saturated carbocycles. The third kappa shape index (κ3) is 2.47. The average Bonchev–Trinajstić information content (AvgIpc) is 3.05. The number of rotatable bonds is 4. The van der Waals surface area contributed by atoms with Crippen molar-refractivity contribution in [1.82, 2.24) is 5.32 Å². The maximum Gasteiger partial charge on any atom is 0.324 e. The molecule has 7 atom stereocenters. The lowest BCUT2D eigenvalue weighted by atomic mass is 9.74. The molecule has 0 saturated heterocycles. The molecule has 0 aliphatic heterocycles. The Morgan fingerprint density at radius 3 is 2.71 bits per heavy atom. The van der Waals surface area contributed by atoms with Crippen molar-refractivity contribution in [3.63, 3.8) is 0 Å². The molecule has 0 aromatic carbocycles. The Morgan fingerprint density at radius 1 is 1.43 bits per heavy atom. The second-order valence-corrected chi connectivity index (χ2v) is 11.4. The van der Waals surface area contributed by atoms with Crippen molar-refractivity contribution in [2.75, 3.05) is 7.05 Å². The minimum absolute atomic E-state index is 0.0541. The normalized spacial score (nSPS) is 48.2. The molecule has 0 amide bonds. The van der Waals surface area contributed by atoms with Crippen LogP contribution in [0.5, 0.6) is 0 Å². The molecule has 3 aliphatic carbocycles. The van der Waals surface area contributed by atoms with E-state index in [1.54, 1.807) is 0 Å². The number of esters is 1. The number of alkyl halides is 2. The summed E-state index contributed by atoms with van der Waals surface area (Å²) < 4.78 is 5.75. The van der Waals surface area contributed by atoms with Gasteiger partial charge >= 0.3 is 5.97 Å². The van der Waals surface area contributed by atoms with Gasteiger partial charge in [0.15, 0.2) is 0 Å². The van der Waals surface area contributed by atoms with Gasteiger partial charge in [0.25, 0.3) is 0 Å². The van der Waals surface area contributed by atoms with Gasteiger partial charge < -0.3 is 10.1 Å². The molecule has 120 valence electrons. The van der Waals surface area contributed by atoms with Gasteiger partial charge in [0.1, 0.15) is 9.02 Å². The van der Waals surface area contributed by atoms with Gasteiger partial charge in [-0.2, -0.15) is 0 Å². The number of nitrogens with one attached hydrogen (secondary N) is 1. The highest BCUT2D eigenvalue weighted by atomic mass is 127. The smallest absolute Gasteiger partial charge is 0.324 e. The predicted octanol–water partition coefficient (Wildman–Crippen LogP) is 3.92. The first-order valence-corrected chi connectivity index (χ1v) is 10.2. The summed E-state index contributed by atoms with van der Waals surface area (Å²) in [6.07, 6.45) is 5.12. The van der Waals surface area contributed by atoms with Gasteiger partial charge in [-0.25, -0.2) is 0 Å². The molecule has 0 radical (unpaired) electrons. The summed E-state index contributed by atoms with van der Waals surface area (Å²) in [4.78, 5) is 12.8. The van der Waals surface area contributed by atoms with Crippen LogP contribution in [0, 0.1) is 23.2 Å². The summed E-state index contributed by atoms with van der Waals surface area (Å²) in [6, 6.07) is 0. The van der Waals surface area contributed by atoms with Gasteiger partial charge in [-0.05, 0) is 63.8 Å². The van der Waals surface area contributed by atoms with Crippen molar-refractivity contribution < 1.29 is 9.53 Å². The molecule has 7 unspecified atom stereocenters. The quantitative estimate of drug-likeness (QED) is 0.266. The van der Waals surface area contributed by atoms with E-state index in [4.69, 9.17) is 4.74 Å². The summed E-state index contributed by atoms with van der Waals surface area (Å²) in [7, 11) is 1.89. The first-order chi connectivity index (χ1) is 9.65. The van der Waals surface area contributed by atoms with E-state index in [2.05, 4.69) is 64.3 Å². The number of ether oxygens (including phenoxy) is 1. The van der Waals surface area contributed by atoms with Crippen LogP contribution in [0.3, 0.4) is 0 Å². The third-order valence-corrected chi connectivity index (χ3v) is 10.4. The lowest BCUT2D eigenvalue weighted by Gasteiger charge is -2.39. The second kappa shape index (κ2) is 5.19. The summed E-state index contributed by atoms with van der Waals surface area (Å²) in [5.74, 6) is 1.91. The van der Waals surface area contributed by atoms with Gasteiger partial charge in [-0.1, -0.05) is 52.1 Å². The van der Waals surface area contributed by atoms with Crippen molar-refractivity contribution in [3.8, 4) is 0 Å². The van der Waals surface area contributed by atoms with E-state index >= 15 is 0 Å². The second-order valence-electron chi connectivity index (χ2n) is 7.87. The molecule has 0 aromatic rings. The van der Waals surface area contributed by atoms with Crippen LogP contribution in [0.15, 0.2) is 0 Å². The fourth-order valence-corrected chi connectivity index (χ4v) is 5.76. The highest BCUT2D eigenvalue weighted by Crippen LogP contribution is 2.76. The molecule has 3 aliphatic rings. The van der Waals surface area contributed by atoms with Gasteiger partial charge in [0.05, 0.1) is 4.05 Å². The molecule has 2 bridgehead atoms. The molecule has 3 rings (SSSR count). The highest BCUT2D eigenvalue weighted by Gasteiger charge is 2.74. The lowest BCUT2D eigenvalue weighted by molar-refractivity contribution is -0.167. The van der Waals surface area contributed by atoms with E-state index in [9.17, 15) is 4.79 Å². The zero-order valence-corrected chi connectivity index (χ0v) is 17.5. The maximum absolute atomic E-state index is 12.8. The van der Waals surface area contributed by atoms with Crippen molar-refractivity contribution in [2.45, 2.75) is 59.5 Å². The number of hydrogen-bond acceptors (Lipinski definition) is 3. The molecule has 21 heavy (non-hydrogen) atoms. The van der Waals surface area contributed by atoms with E-state index in [0.29, 0.717) is 17.3 Å².